The number of ether oxygens (including phenoxy) is 1. The summed E-state index contributed by atoms with van der Waals surface area (Å²) < 4.78 is 5.11. The molecule has 7 nitrogen and oxygen atoms in total. The van der Waals surface area contributed by atoms with Crippen LogP contribution in [0.4, 0.5) is 10.5 Å². The summed E-state index contributed by atoms with van der Waals surface area (Å²) >= 11 is 1.55. The molecule has 2 heterocycles. The second kappa shape index (κ2) is 8.18. The van der Waals surface area contributed by atoms with E-state index in [0.29, 0.717) is 25.2 Å². The van der Waals surface area contributed by atoms with E-state index in [1.807, 2.05) is 12.3 Å². The van der Waals surface area contributed by atoms with Gasteiger partial charge in [-0.15, -0.1) is 11.3 Å². The van der Waals surface area contributed by atoms with Crippen molar-refractivity contribution in [3.8, 4) is 5.75 Å². The maximum atomic E-state index is 12.6. The molecule has 1 aliphatic heterocycles. The summed E-state index contributed by atoms with van der Waals surface area (Å²) in [5, 5.41) is 8.62. The Morgan fingerprint density at radius 1 is 1.35 bits per heavy atom. The van der Waals surface area contributed by atoms with Crippen molar-refractivity contribution in [2.24, 2.45) is 0 Å². The van der Waals surface area contributed by atoms with Gasteiger partial charge in [0.25, 0.3) is 0 Å². The molecule has 0 spiro atoms. The lowest BCUT2D eigenvalue weighted by Crippen LogP contribution is -2.47. The summed E-state index contributed by atoms with van der Waals surface area (Å²) in [7, 11) is 1.59. The van der Waals surface area contributed by atoms with E-state index in [4.69, 9.17) is 4.74 Å². The summed E-state index contributed by atoms with van der Waals surface area (Å²) in [5.41, 5.74) is 1.51. The minimum atomic E-state index is -0.451. The number of carbonyl (C=O) groups excluding carboxylic acids is 2. The van der Waals surface area contributed by atoms with Crippen molar-refractivity contribution in [2.45, 2.75) is 32.4 Å². The Morgan fingerprint density at radius 2 is 2.12 bits per heavy atom. The van der Waals surface area contributed by atoms with E-state index in [1.165, 1.54) is 0 Å². The van der Waals surface area contributed by atoms with Gasteiger partial charge >= 0.3 is 6.03 Å². The fraction of sp³-hybridized carbons (Fsp3) is 0.389. The first-order chi connectivity index (χ1) is 12.6. The zero-order valence-corrected chi connectivity index (χ0v) is 15.6. The van der Waals surface area contributed by atoms with Crippen LogP contribution < -0.4 is 15.4 Å². The Labute approximate surface area is 156 Å². The third kappa shape index (κ3) is 4.32. The second-order valence-corrected chi connectivity index (χ2v) is 7.15. The van der Waals surface area contributed by atoms with Gasteiger partial charge in [-0.25, -0.2) is 9.78 Å². The van der Waals surface area contributed by atoms with Crippen LogP contribution in [-0.4, -0.2) is 41.5 Å². The number of aryl methyl sites for hydroxylation is 1. The lowest BCUT2D eigenvalue weighted by Gasteiger charge is -2.24. The number of anilines is 1. The molecule has 138 valence electrons. The molecule has 1 aromatic carbocycles. The molecule has 0 saturated carbocycles. The number of carbonyl (C=O) groups is 2. The first-order valence-corrected chi connectivity index (χ1v) is 9.35. The number of nitrogens with zero attached hydrogens (tertiary/aromatic N) is 2. The maximum Gasteiger partial charge on any atom is 0.322 e. The number of hydrogen-bond acceptors (Lipinski definition) is 5. The molecule has 1 fully saturated rings. The molecule has 1 atom stereocenters. The Bertz CT molecular complexity index is 775. The number of rotatable bonds is 5. The molecule has 0 aliphatic carbocycles. The first kappa shape index (κ1) is 18.2. The third-order valence-electron chi connectivity index (χ3n) is 4.27. The molecule has 1 saturated heterocycles. The Morgan fingerprint density at radius 3 is 2.77 bits per heavy atom. The minimum Gasteiger partial charge on any atom is -0.497 e. The monoisotopic (exact) mass is 374 g/mol. The van der Waals surface area contributed by atoms with Crippen molar-refractivity contribution < 1.29 is 14.3 Å². The van der Waals surface area contributed by atoms with Gasteiger partial charge in [0, 0.05) is 17.6 Å². The Hall–Kier alpha value is -2.61. The van der Waals surface area contributed by atoms with Crippen molar-refractivity contribution in [1.82, 2.24) is 15.2 Å². The molecule has 26 heavy (non-hydrogen) atoms. The van der Waals surface area contributed by atoms with Crippen LogP contribution in [0.15, 0.2) is 29.6 Å². The van der Waals surface area contributed by atoms with Crippen LogP contribution in [0.5, 0.6) is 5.75 Å². The van der Waals surface area contributed by atoms with Crippen LogP contribution in [0.2, 0.25) is 0 Å². The number of thiazole rings is 1. The maximum absolute atomic E-state index is 12.6. The number of benzene rings is 1. The van der Waals surface area contributed by atoms with E-state index < -0.39 is 6.04 Å². The summed E-state index contributed by atoms with van der Waals surface area (Å²) in [4.78, 5) is 31.0. The fourth-order valence-electron chi connectivity index (χ4n) is 2.94. The van der Waals surface area contributed by atoms with Crippen LogP contribution in [0.3, 0.4) is 0 Å². The number of methoxy groups -OCH3 is 1. The highest BCUT2D eigenvalue weighted by molar-refractivity contribution is 7.09. The number of amides is 3. The Balaban J connectivity index is 1.57. The van der Waals surface area contributed by atoms with Gasteiger partial charge in [0.1, 0.15) is 11.8 Å². The lowest BCUT2D eigenvalue weighted by molar-refractivity contribution is -0.124. The molecule has 0 bridgehead atoms. The summed E-state index contributed by atoms with van der Waals surface area (Å²) in [6.07, 6.45) is 1.47. The van der Waals surface area contributed by atoms with E-state index in [1.54, 1.807) is 47.6 Å². The quantitative estimate of drug-likeness (QED) is 0.843. The average molecular weight is 374 g/mol. The number of nitrogens with one attached hydrogen (secondary N) is 2. The topological polar surface area (TPSA) is 83.6 Å². The van der Waals surface area contributed by atoms with Crippen molar-refractivity contribution in [3.05, 3.63) is 40.3 Å². The predicted octanol–water partition coefficient (Wildman–Crippen LogP) is 2.77. The standard InChI is InChI=1S/C18H22N4O3S/c1-12-20-14(11-26-12)10-19-17(23)16-4-3-9-22(16)18(24)21-13-5-7-15(25-2)8-6-13/h5-8,11,16H,3-4,9-10H2,1-2H3,(H,19,23)(H,21,24). The minimum absolute atomic E-state index is 0.141. The molecule has 3 rings (SSSR count). The average Bonchev–Trinajstić information content (AvgIpc) is 3.29. The van der Waals surface area contributed by atoms with Crippen molar-refractivity contribution in [1.29, 1.82) is 0 Å². The number of hydrogen-bond donors (Lipinski definition) is 2. The molecule has 1 aromatic heterocycles. The summed E-state index contributed by atoms with van der Waals surface area (Å²) in [6.45, 7) is 2.88. The predicted molar refractivity (Wildman–Crippen MR) is 100 cm³/mol. The molecule has 1 aliphatic rings. The van der Waals surface area contributed by atoms with Gasteiger partial charge in [-0.2, -0.15) is 0 Å². The SMILES string of the molecule is COc1ccc(NC(=O)N2CCCC2C(=O)NCc2csc(C)n2)cc1. The van der Waals surface area contributed by atoms with Gasteiger partial charge in [0.05, 0.1) is 24.4 Å². The van der Waals surface area contributed by atoms with E-state index in [0.717, 1.165) is 22.9 Å². The second-order valence-electron chi connectivity index (χ2n) is 6.09. The zero-order valence-electron chi connectivity index (χ0n) is 14.8. The van der Waals surface area contributed by atoms with Crippen molar-refractivity contribution in [2.75, 3.05) is 19.0 Å². The van der Waals surface area contributed by atoms with Gasteiger partial charge in [-0.05, 0) is 44.0 Å². The third-order valence-corrected chi connectivity index (χ3v) is 5.09. The molecular formula is C18H22N4O3S. The van der Waals surface area contributed by atoms with Crippen LogP contribution >= 0.6 is 11.3 Å². The van der Waals surface area contributed by atoms with Gasteiger partial charge in [-0.3, -0.25) is 4.79 Å². The Kier molecular flexibility index (Phi) is 5.72. The highest BCUT2D eigenvalue weighted by Crippen LogP contribution is 2.21. The first-order valence-electron chi connectivity index (χ1n) is 8.47. The molecule has 2 aromatic rings. The number of likely N-dealkylation sites (tertiary alicyclic amines) is 1. The number of urea groups is 1. The molecule has 1 unspecified atom stereocenters. The van der Waals surface area contributed by atoms with Crippen LogP contribution in [0.25, 0.3) is 0 Å². The fourth-order valence-corrected chi connectivity index (χ4v) is 3.55. The van der Waals surface area contributed by atoms with Crippen LogP contribution in [0, 0.1) is 6.92 Å². The van der Waals surface area contributed by atoms with Crippen LogP contribution in [0.1, 0.15) is 23.5 Å². The normalized spacial score (nSPS) is 16.4. The van der Waals surface area contributed by atoms with Crippen molar-refractivity contribution in [3.63, 3.8) is 0 Å². The smallest absolute Gasteiger partial charge is 0.322 e. The molecule has 8 heteroatoms. The molecule has 3 amide bonds. The molecule has 2 N–H and O–H groups in total. The van der Waals surface area contributed by atoms with E-state index in [9.17, 15) is 9.59 Å². The highest BCUT2D eigenvalue weighted by atomic mass is 32.1. The van der Waals surface area contributed by atoms with Gasteiger partial charge in [0.2, 0.25) is 5.91 Å². The van der Waals surface area contributed by atoms with E-state index in [-0.39, 0.29) is 11.9 Å². The zero-order chi connectivity index (χ0) is 18.5. The largest absolute Gasteiger partial charge is 0.497 e. The van der Waals surface area contributed by atoms with Gasteiger partial charge in [0.15, 0.2) is 0 Å². The summed E-state index contributed by atoms with van der Waals surface area (Å²) in [5.74, 6) is 0.580. The lowest BCUT2D eigenvalue weighted by atomic mass is 10.2. The van der Waals surface area contributed by atoms with Gasteiger partial charge < -0.3 is 20.3 Å². The van der Waals surface area contributed by atoms with E-state index in [2.05, 4.69) is 15.6 Å². The molecule has 0 radical (unpaired) electrons. The van der Waals surface area contributed by atoms with Crippen LogP contribution in [-0.2, 0) is 11.3 Å². The number of aromatic nitrogens is 1. The van der Waals surface area contributed by atoms with E-state index >= 15 is 0 Å². The molecular weight excluding hydrogens is 352 g/mol. The van der Waals surface area contributed by atoms with Gasteiger partial charge in [-0.1, -0.05) is 0 Å². The summed E-state index contributed by atoms with van der Waals surface area (Å²) in [6, 6.07) is 6.38. The van der Waals surface area contributed by atoms with Crippen molar-refractivity contribution >= 4 is 29.0 Å². The highest BCUT2D eigenvalue weighted by Gasteiger charge is 2.34.